The lowest BCUT2D eigenvalue weighted by molar-refractivity contribution is 0.0174. The molecule has 0 aliphatic carbocycles. The van der Waals surface area contributed by atoms with Gasteiger partial charge in [-0.05, 0) is 23.6 Å². The van der Waals surface area contributed by atoms with Crippen LogP contribution in [-0.4, -0.2) is 18.9 Å². The molecule has 2 aromatic heterocycles. The van der Waals surface area contributed by atoms with E-state index < -0.39 is 5.92 Å². The zero-order valence-electron chi connectivity index (χ0n) is 19.5. The molecule has 4 aromatic rings. The van der Waals surface area contributed by atoms with E-state index in [0.717, 1.165) is 18.2 Å². The highest BCUT2D eigenvalue weighted by Crippen LogP contribution is 2.30. The first-order valence-corrected chi connectivity index (χ1v) is 11.5. The number of hydrogen-bond donors (Lipinski definition) is 1. The van der Waals surface area contributed by atoms with Crippen molar-refractivity contribution in [2.24, 2.45) is 13.0 Å². The van der Waals surface area contributed by atoms with Gasteiger partial charge < -0.3 is 5.32 Å². The largest absolute Gasteiger partial charge is 0.340 e. The van der Waals surface area contributed by atoms with Gasteiger partial charge in [-0.15, -0.1) is 0 Å². The summed E-state index contributed by atoms with van der Waals surface area (Å²) >= 11 is 5.67. The number of para-hydroxylation sites is 1. The van der Waals surface area contributed by atoms with Gasteiger partial charge in [0.2, 0.25) is 0 Å². The normalized spacial score (nSPS) is 12.0. The topological polar surface area (TPSA) is 56.8 Å². The van der Waals surface area contributed by atoms with Crippen LogP contribution in [0, 0.1) is 10.6 Å². The predicted molar refractivity (Wildman–Crippen MR) is 133 cm³/mol. The number of hydrogen-bond acceptors (Lipinski definition) is 4. The van der Waals surface area contributed by atoms with Crippen molar-refractivity contribution in [1.82, 2.24) is 18.9 Å². The molecule has 0 atom stereocenters. The van der Waals surface area contributed by atoms with Gasteiger partial charge in [0.1, 0.15) is 10.5 Å². The lowest BCUT2D eigenvalue weighted by Crippen LogP contribution is -2.31. The average Bonchev–Trinajstić information content (AvgIpc) is 3.13. The first kappa shape index (κ1) is 23.8. The van der Waals surface area contributed by atoms with Crippen LogP contribution >= 0.6 is 12.2 Å². The Morgan fingerprint density at radius 3 is 2.32 bits per heavy atom. The number of nitrogens with zero attached hydrogens (tertiary/aromatic N) is 4. The van der Waals surface area contributed by atoms with Crippen LogP contribution in [0.2, 0.25) is 0 Å². The highest BCUT2D eigenvalue weighted by Gasteiger charge is 2.24. The van der Waals surface area contributed by atoms with E-state index in [2.05, 4.69) is 5.32 Å². The standard InChI is InChI=1S/C25H27F2N5OS/c1-16(2)14-31-22-20(23(34)30(4)24(31)33)21(28-19-8-6-5-7-9-19)32(29-22)15-17-10-12-18(13-11-17)25(3,26)27/h5-13,16,28H,14-15H2,1-4H3. The number of aromatic nitrogens is 4. The zero-order valence-corrected chi connectivity index (χ0v) is 20.4. The number of anilines is 2. The van der Waals surface area contributed by atoms with E-state index in [4.69, 9.17) is 17.3 Å². The first-order valence-electron chi connectivity index (χ1n) is 11.1. The Hall–Kier alpha value is -3.33. The van der Waals surface area contributed by atoms with Crippen LogP contribution in [0.1, 0.15) is 31.9 Å². The fraction of sp³-hybridized carbons (Fsp3) is 0.320. The summed E-state index contributed by atoms with van der Waals surface area (Å²) in [4.78, 5) is 13.0. The third-order valence-corrected chi connectivity index (χ3v) is 6.08. The van der Waals surface area contributed by atoms with Crippen LogP contribution in [0.4, 0.5) is 20.3 Å². The fourth-order valence-electron chi connectivity index (χ4n) is 3.87. The lowest BCUT2D eigenvalue weighted by Gasteiger charge is -2.13. The highest BCUT2D eigenvalue weighted by atomic mass is 32.1. The number of fused-ring (bicyclic) bond motifs is 1. The fourth-order valence-corrected chi connectivity index (χ4v) is 4.13. The first-order chi connectivity index (χ1) is 16.1. The third kappa shape index (κ3) is 4.65. The van der Waals surface area contributed by atoms with Crippen LogP contribution in [0.3, 0.4) is 0 Å². The molecule has 0 saturated heterocycles. The quantitative estimate of drug-likeness (QED) is 0.336. The van der Waals surface area contributed by atoms with Crippen LogP contribution in [0.25, 0.3) is 11.0 Å². The van der Waals surface area contributed by atoms with Crippen LogP contribution in [0.5, 0.6) is 0 Å². The molecular formula is C25H27F2N5OS. The maximum absolute atomic E-state index is 13.7. The Balaban J connectivity index is 1.91. The summed E-state index contributed by atoms with van der Waals surface area (Å²) in [7, 11) is 1.66. The summed E-state index contributed by atoms with van der Waals surface area (Å²) in [5, 5.41) is 8.85. The summed E-state index contributed by atoms with van der Waals surface area (Å²) in [5.41, 5.74) is 1.86. The number of nitrogens with one attached hydrogen (secondary N) is 1. The molecule has 0 aliphatic rings. The molecule has 0 saturated carbocycles. The van der Waals surface area contributed by atoms with E-state index in [1.807, 2.05) is 44.2 Å². The predicted octanol–water partition coefficient (Wildman–Crippen LogP) is 5.83. The molecule has 178 valence electrons. The van der Waals surface area contributed by atoms with Crippen LogP contribution in [0.15, 0.2) is 59.4 Å². The summed E-state index contributed by atoms with van der Waals surface area (Å²) in [6.45, 7) is 5.74. The Morgan fingerprint density at radius 1 is 1.09 bits per heavy atom. The SMILES string of the molecule is CC(C)Cn1c(=O)n(C)c(=S)c2c(Nc3ccccc3)n(Cc3ccc(C(C)(F)F)cc3)nc21. The van der Waals surface area contributed by atoms with Gasteiger partial charge in [-0.2, -0.15) is 5.10 Å². The molecule has 0 unspecified atom stereocenters. The number of halogens is 2. The van der Waals surface area contributed by atoms with Crippen molar-refractivity contribution in [3.63, 3.8) is 0 Å². The number of rotatable bonds is 7. The Kier molecular flexibility index (Phi) is 6.40. The summed E-state index contributed by atoms with van der Waals surface area (Å²) in [5.74, 6) is -2.04. The molecule has 0 spiro atoms. The van der Waals surface area contributed by atoms with Crippen LogP contribution in [-0.2, 0) is 26.1 Å². The zero-order chi connectivity index (χ0) is 24.6. The van der Waals surface area contributed by atoms with E-state index in [1.54, 1.807) is 28.4 Å². The summed E-state index contributed by atoms with van der Waals surface area (Å²) in [6.07, 6.45) is 0. The van der Waals surface area contributed by atoms with E-state index in [9.17, 15) is 13.6 Å². The van der Waals surface area contributed by atoms with E-state index in [1.165, 1.54) is 16.7 Å². The van der Waals surface area contributed by atoms with Gasteiger partial charge in [0, 0.05) is 31.8 Å². The molecule has 0 bridgehead atoms. The maximum Gasteiger partial charge on any atom is 0.330 e. The molecule has 34 heavy (non-hydrogen) atoms. The molecule has 0 fully saturated rings. The molecule has 0 radical (unpaired) electrons. The second-order valence-electron chi connectivity index (χ2n) is 8.93. The van der Waals surface area contributed by atoms with E-state index in [0.29, 0.717) is 34.6 Å². The maximum atomic E-state index is 13.7. The average molecular weight is 484 g/mol. The summed E-state index contributed by atoms with van der Waals surface area (Å²) in [6, 6.07) is 15.8. The Morgan fingerprint density at radius 2 is 1.74 bits per heavy atom. The molecule has 4 rings (SSSR count). The van der Waals surface area contributed by atoms with Crippen molar-refractivity contribution in [2.75, 3.05) is 5.32 Å². The summed E-state index contributed by atoms with van der Waals surface area (Å²) < 4.78 is 32.5. The molecule has 0 aliphatic heterocycles. The number of benzene rings is 2. The minimum absolute atomic E-state index is 0.0462. The van der Waals surface area contributed by atoms with Gasteiger partial charge in [-0.3, -0.25) is 9.13 Å². The van der Waals surface area contributed by atoms with Gasteiger partial charge in [0.25, 0.3) is 5.92 Å². The molecule has 2 heterocycles. The van der Waals surface area contributed by atoms with Crippen molar-refractivity contribution in [3.05, 3.63) is 80.8 Å². The second-order valence-corrected chi connectivity index (χ2v) is 9.32. The van der Waals surface area contributed by atoms with Crippen molar-refractivity contribution >= 4 is 34.8 Å². The smallest absolute Gasteiger partial charge is 0.330 e. The van der Waals surface area contributed by atoms with Crippen molar-refractivity contribution in [3.8, 4) is 0 Å². The van der Waals surface area contributed by atoms with Crippen molar-refractivity contribution in [1.29, 1.82) is 0 Å². The molecular weight excluding hydrogens is 456 g/mol. The van der Waals surface area contributed by atoms with Gasteiger partial charge in [-0.1, -0.05) is 68.5 Å². The lowest BCUT2D eigenvalue weighted by atomic mass is 10.1. The minimum Gasteiger partial charge on any atom is -0.340 e. The molecule has 0 amide bonds. The van der Waals surface area contributed by atoms with Gasteiger partial charge in [-0.25, -0.2) is 18.3 Å². The molecule has 9 heteroatoms. The van der Waals surface area contributed by atoms with E-state index >= 15 is 0 Å². The second kappa shape index (κ2) is 9.13. The Labute approximate surface area is 201 Å². The van der Waals surface area contributed by atoms with Gasteiger partial charge in [0.15, 0.2) is 5.65 Å². The van der Waals surface area contributed by atoms with Crippen molar-refractivity contribution < 1.29 is 8.78 Å². The molecule has 2 aromatic carbocycles. The Bertz CT molecular complexity index is 1430. The monoisotopic (exact) mass is 483 g/mol. The number of alkyl halides is 2. The van der Waals surface area contributed by atoms with Crippen LogP contribution < -0.4 is 11.0 Å². The van der Waals surface area contributed by atoms with E-state index in [-0.39, 0.29) is 17.2 Å². The molecule has 6 nitrogen and oxygen atoms in total. The van der Waals surface area contributed by atoms with Gasteiger partial charge in [0.05, 0.1) is 11.9 Å². The van der Waals surface area contributed by atoms with Gasteiger partial charge >= 0.3 is 5.69 Å². The minimum atomic E-state index is -2.90. The molecule has 1 N–H and O–H groups in total. The third-order valence-electron chi connectivity index (χ3n) is 5.60. The highest BCUT2D eigenvalue weighted by molar-refractivity contribution is 7.71. The van der Waals surface area contributed by atoms with Crippen molar-refractivity contribution in [2.45, 2.75) is 39.8 Å².